The molecule has 31 heavy (non-hydrogen) atoms. The normalized spacial score (nSPS) is 10.4. The summed E-state index contributed by atoms with van der Waals surface area (Å²) >= 11 is 1.46. The first-order chi connectivity index (χ1) is 15.1. The first-order valence-corrected chi connectivity index (χ1v) is 10.5. The Kier molecular flexibility index (Phi) is 7.45. The zero-order valence-electron chi connectivity index (χ0n) is 17.6. The minimum atomic E-state index is 0.336. The number of nitriles is 1. The SMILES string of the molecule is C=CCc1nnc(NSCCc2ccc(C)cc2C#N)n1-c1c(OC)ncnc1OC. The fraction of sp³-hybridized carbons (Fsp3) is 0.286. The molecule has 1 aromatic carbocycles. The second-order valence-corrected chi connectivity index (χ2v) is 7.38. The van der Waals surface area contributed by atoms with E-state index in [1.54, 1.807) is 10.6 Å². The molecule has 9 nitrogen and oxygen atoms in total. The molecule has 10 heteroatoms. The summed E-state index contributed by atoms with van der Waals surface area (Å²) in [5, 5.41) is 17.9. The number of benzene rings is 1. The molecule has 0 spiro atoms. The van der Waals surface area contributed by atoms with Crippen molar-refractivity contribution in [3.05, 3.63) is 59.7 Å². The van der Waals surface area contributed by atoms with Crippen molar-refractivity contribution < 1.29 is 9.47 Å². The lowest BCUT2D eigenvalue weighted by Crippen LogP contribution is -2.10. The van der Waals surface area contributed by atoms with Crippen LogP contribution in [0.4, 0.5) is 5.95 Å². The summed E-state index contributed by atoms with van der Waals surface area (Å²) in [5.41, 5.74) is 3.29. The van der Waals surface area contributed by atoms with Crippen LogP contribution >= 0.6 is 11.9 Å². The molecule has 0 saturated heterocycles. The average molecular weight is 438 g/mol. The molecular weight excluding hydrogens is 414 g/mol. The fourth-order valence-electron chi connectivity index (χ4n) is 3.01. The summed E-state index contributed by atoms with van der Waals surface area (Å²) in [6.45, 7) is 5.77. The molecule has 0 aliphatic heterocycles. The van der Waals surface area contributed by atoms with E-state index in [0.717, 1.165) is 23.3 Å². The van der Waals surface area contributed by atoms with E-state index in [9.17, 15) is 5.26 Å². The molecule has 1 N–H and O–H groups in total. The van der Waals surface area contributed by atoms with E-state index in [4.69, 9.17) is 9.47 Å². The third kappa shape index (κ3) is 4.95. The maximum Gasteiger partial charge on any atom is 0.245 e. The standard InChI is InChI=1S/C21H23N7O2S/c1-5-6-17-25-26-21(28(17)18-19(29-3)23-13-24-20(18)30-4)27-31-10-9-15-8-7-14(2)11-16(15)12-22/h5,7-8,11,13H,1,6,9-10H2,2-4H3,(H,26,27). The van der Waals surface area contributed by atoms with Crippen LogP contribution in [0.25, 0.3) is 5.69 Å². The van der Waals surface area contributed by atoms with Crippen LogP contribution in [0.3, 0.4) is 0 Å². The molecule has 0 unspecified atom stereocenters. The van der Waals surface area contributed by atoms with Crippen LogP contribution in [0, 0.1) is 18.3 Å². The summed E-state index contributed by atoms with van der Waals surface area (Å²) < 4.78 is 15.8. The average Bonchev–Trinajstić information content (AvgIpc) is 3.18. The molecule has 0 aliphatic carbocycles. The molecule has 160 valence electrons. The molecule has 0 fully saturated rings. The number of ether oxygens (including phenoxy) is 2. The van der Waals surface area contributed by atoms with Gasteiger partial charge >= 0.3 is 0 Å². The number of rotatable bonds is 10. The highest BCUT2D eigenvalue weighted by molar-refractivity contribution is 8.00. The van der Waals surface area contributed by atoms with Gasteiger partial charge in [0.1, 0.15) is 12.2 Å². The monoisotopic (exact) mass is 437 g/mol. The van der Waals surface area contributed by atoms with Crippen LogP contribution in [-0.2, 0) is 12.8 Å². The molecule has 3 rings (SSSR count). The lowest BCUT2D eigenvalue weighted by atomic mass is 10.0. The maximum absolute atomic E-state index is 9.35. The van der Waals surface area contributed by atoms with Crippen molar-refractivity contribution in [2.75, 3.05) is 24.7 Å². The van der Waals surface area contributed by atoms with Gasteiger partial charge in [-0.3, -0.25) is 9.29 Å². The zero-order valence-corrected chi connectivity index (χ0v) is 18.4. The number of aromatic nitrogens is 5. The highest BCUT2D eigenvalue weighted by atomic mass is 32.2. The highest BCUT2D eigenvalue weighted by Crippen LogP contribution is 2.32. The van der Waals surface area contributed by atoms with Gasteiger partial charge in [0.05, 0.1) is 25.9 Å². The van der Waals surface area contributed by atoms with Crippen LogP contribution in [0.15, 0.2) is 37.2 Å². The second-order valence-electron chi connectivity index (χ2n) is 6.48. The summed E-state index contributed by atoms with van der Waals surface area (Å²) in [4.78, 5) is 8.37. The Morgan fingerprint density at radius 3 is 2.61 bits per heavy atom. The molecule has 0 bridgehead atoms. The minimum Gasteiger partial charge on any atom is -0.479 e. The first kappa shape index (κ1) is 22.1. The lowest BCUT2D eigenvalue weighted by molar-refractivity contribution is 0.368. The van der Waals surface area contributed by atoms with E-state index in [2.05, 4.69) is 37.5 Å². The third-order valence-electron chi connectivity index (χ3n) is 4.45. The van der Waals surface area contributed by atoms with Gasteiger partial charge in [-0.25, -0.2) is 0 Å². The Hall–Kier alpha value is -3.58. The van der Waals surface area contributed by atoms with Crippen molar-refractivity contribution in [2.24, 2.45) is 0 Å². The third-order valence-corrected chi connectivity index (χ3v) is 5.18. The van der Waals surface area contributed by atoms with Crippen LogP contribution in [-0.4, -0.2) is 44.7 Å². The number of allylic oxidation sites excluding steroid dienone is 1. The van der Waals surface area contributed by atoms with Gasteiger partial charge in [0.2, 0.25) is 17.7 Å². The van der Waals surface area contributed by atoms with E-state index in [1.165, 1.54) is 32.5 Å². The van der Waals surface area contributed by atoms with E-state index < -0.39 is 0 Å². The lowest BCUT2D eigenvalue weighted by Gasteiger charge is -2.15. The van der Waals surface area contributed by atoms with Gasteiger partial charge in [-0.1, -0.05) is 18.2 Å². The van der Waals surface area contributed by atoms with Crippen LogP contribution < -0.4 is 14.2 Å². The first-order valence-electron chi connectivity index (χ1n) is 9.48. The van der Waals surface area contributed by atoms with E-state index in [0.29, 0.717) is 41.2 Å². The highest BCUT2D eigenvalue weighted by Gasteiger charge is 2.22. The van der Waals surface area contributed by atoms with E-state index >= 15 is 0 Å². The van der Waals surface area contributed by atoms with E-state index in [1.807, 2.05) is 25.1 Å². The molecular formula is C21H23N7O2S. The number of nitrogens with zero attached hydrogens (tertiary/aromatic N) is 6. The molecule has 2 heterocycles. The molecule has 0 atom stereocenters. The Labute approximate surface area is 185 Å². The number of methoxy groups -OCH3 is 2. The molecule has 2 aromatic heterocycles. The minimum absolute atomic E-state index is 0.336. The Balaban J connectivity index is 1.83. The quantitative estimate of drug-likeness (QED) is 0.290. The number of hydrogen-bond acceptors (Lipinski definition) is 9. The predicted molar refractivity (Wildman–Crippen MR) is 120 cm³/mol. The Morgan fingerprint density at radius 2 is 1.97 bits per heavy atom. The van der Waals surface area contributed by atoms with Gasteiger partial charge < -0.3 is 9.47 Å². The molecule has 0 saturated carbocycles. The van der Waals surface area contributed by atoms with Crippen LogP contribution in [0.1, 0.15) is 22.5 Å². The molecule has 0 aliphatic rings. The number of aryl methyl sites for hydroxylation is 2. The van der Waals surface area contributed by atoms with Crippen LogP contribution in [0.5, 0.6) is 11.8 Å². The van der Waals surface area contributed by atoms with Crippen LogP contribution in [0.2, 0.25) is 0 Å². The van der Waals surface area contributed by atoms with Gasteiger partial charge in [0, 0.05) is 12.2 Å². The Bertz CT molecular complexity index is 1090. The van der Waals surface area contributed by atoms with Crippen molar-refractivity contribution in [1.29, 1.82) is 5.26 Å². The molecule has 0 radical (unpaired) electrons. The number of hydrogen-bond donors (Lipinski definition) is 1. The summed E-state index contributed by atoms with van der Waals surface area (Å²) in [7, 11) is 3.05. The van der Waals surface area contributed by atoms with Crippen molar-refractivity contribution in [2.45, 2.75) is 19.8 Å². The van der Waals surface area contributed by atoms with Gasteiger partial charge in [0.15, 0.2) is 5.69 Å². The maximum atomic E-state index is 9.35. The van der Waals surface area contributed by atoms with Crippen molar-refractivity contribution in [3.8, 4) is 23.5 Å². The van der Waals surface area contributed by atoms with Gasteiger partial charge in [-0.15, -0.1) is 16.8 Å². The van der Waals surface area contributed by atoms with E-state index in [-0.39, 0.29) is 0 Å². The van der Waals surface area contributed by atoms with Gasteiger partial charge in [-0.05, 0) is 42.5 Å². The topological polar surface area (TPSA) is 111 Å². The summed E-state index contributed by atoms with van der Waals surface area (Å²) in [6, 6.07) is 8.17. The molecule has 0 amide bonds. The van der Waals surface area contributed by atoms with Gasteiger partial charge in [0.25, 0.3) is 0 Å². The zero-order chi connectivity index (χ0) is 22.2. The second kappa shape index (κ2) is 10.4. The largest absolute Gasteiger partial charge is 0.479 e. The smallest absolute Gasteiger partial charge is 0.245 e. The summed E-state index contributed by atoms with van der Waals surface area (Å²) in [5.74, 6) is 2.51. The number of nitrogens with one attached hydrogen (secondary N) is 1. The number of anilines is 1. The fourth-order valence-corrected chi connectivity index (χ4v) is 3.69. The van der Waals surface area contributed by atoms with Crippen molar-refractivity contribution in [1.82, 2.24) is 24.7 Å². The molecule has 3 aromatic rings. The Morgan fingerprint density at radius 1 is 1.23 bits per heavy atom. The summed E-state index contributed by atoms with van der Waals surface area (Å²) in [6.07, 6.45) is 4.32. The van der Waals surface area contributed by atoms with Crippen molar-refractivity contribution >= 4 is 17.9 Å². The predicted octanol–water partition coefficient (Wildman–Crippen LogP) is 3.29. The van der Waals surface area contributed by atoms with Gasteiger partial charge in [-0.2, -0.15) is 15.2 Å². The van der Waals surface area contributed by atoms with Crippen molar-refractivity contribution in [3.63, 3.8) is 0 Å².